The number of nitrogens with zero attached hydrogens (tertiary/aromatic N) is 2. The SMILES string of the molecule is Cc1cc(NCc2cncnc2)ccc1O. The first-order valence-corrected chi connectivity index (χ1v) is 5.03. The first kappa shape index (κ1) is 10.4. The molecule has 0 radical (unpaired) electrons. The zero-order valence-corrected chi connectivity index (χ0v) is 9.01. The van der Waals surface area contributed by atoms with E-state index in [9.17, 15) is 5.11 Å². The van der Waals surface area contributed by atoms with Gasteiger partial charge in [-0.25, -0.2) is 9.97 Å². The molecule has 82 valence electrons. The van der Waals surface area contributed by atoms with Gasteiger partial charge in [-0.3, -0.25) is 0 Å². The minimum atomic E-state index is 0.314. The highest BCUT2D eigenvalue weighted by molar-refractivity contribution is 5.50. The lowest BCUT2D eigenvalue weighted by atomic mass is 10.2. The van der Waals surface area contributed by atoms with Crippen LogP contribution in [0.1, 0.15) is 11.1 Å². The topological polar surface area (TPSA) is 58.0 Å². The number of anilines is 1. The van der Waals surface area contributed by atoms with Crippen LogP contribution >= 0.6 is 0 Å². The fourth-order valence-corrected chi connectivity index (χ4v) is 1.39. The first-order chi connectivity index (χ1) is 7.75. The van der Waals surface area contributed by atoms with E-state index in [2.05, 4.69) is 15.3 Å². The monoisotopic (exact) mass is 215 g/mol. The summed E-state index contributed by atoms with van der Waals surface area (Å²) in [5, 5.41) is 12.6. The Labute approximate surface area is 94.0 Å². The number of aromatic nitrogens is 2. The molecule has 0 atom stereocenters. The Balaban J connectivity index is 2.03. The number of hydrogen-bond acceptors (Lipinski definition) is 4. The van der Waals surface area contributed by atoms with Crippen LogP contribution < -0.4 is 5.32 Å². The molecule has 4 nitrogen and oxygen atoms in total. The number of aromatic hydroxyl groups is 1. The quantitative estimate of drug-likeness (QED) is 0.770. The van der Waals surface area contributed by atoms with Gasteiger partial charge in [0.1, 0.15) is 12.1 Å². The third-order valence-corrected chi connectivity index (χ3v) is 2.31. The molecule has 0 spiro atoms. The number of rotatable bonds is 3. The molecule has 2 aromatic rings. The first-order valence-electron chi connectivity index (χ1n) is 5.03. The fraction of sp³-hybridized carbons (Fsp3) is 0.167. The maximum absolute atomic E-state index is 9.38. The minimum absolute atomic E-state index is 0.314. The third kappa shape index (κ3) is 2.48. The third-order valence-electron chi connectivity index (χ3n) is 2.31. The van der Waals surface area contributed by atoms with Gasteiger partial charge < -0.3 is 10.4 Å². The van der Waals surface area contributed by atoms with Crippen molar-refractivity contribution in [2.24, 2.45) is 0 Å². The van der Waals surface area contributed by atoms with E-state index in [1.165, 1.54) is 6.33 Å². The molecule has 0 saturated carbocycles. The average molecular weight is 215 g/mol. The molecule has 1 heterocycles. The summed E-state index contributed by atoms with van der Waals surface area (Å²) in [5.74, 6) is 0.314. The van der Waals surface area contributed by atoms with E-state index in [-0.39, 0.29) is 0 Å². The van der Waals surface area contributed by atoms with E-state index in [0.29, 0.717) is 12.3 Å². The smallest absolute Gasteiger partial charge is 0.118 e. The van der Waals surface area contributed by atoms with Crippen molar-refractivity contribution in [3.8, 4) is 5.75 Å². The van der Waals surface area contributed by atoms with Crippen LogP contribution in [0.2, 0.25) is 0 Å². The Kier molecular flexibility index (Phi) is 3.00. The molecule has 1 aromatic heterocycles. The molecule has 0 unspecified atom stereocenters. The van der Waals surface area contributed by atoms with Gasteiger partial charge in [-0.2, -0.15) is 0 Å². The van der Waals surface area contributed by atoms with E-state index in [0.717, 1.165) is 16.8 Å². The summed E-state index contributed by atoms with van der Waals surface area (Å²) in [6, 6.07) is 5.42. The highest BCUT2D eigenvalue weighted by atomic mass is 16.3. The van der Waals surface area contributed by atoms with E-state index in [4.69, 9.17) is 0 Å². The van der Waals surface area contributed by atoms with Gasteiger partial charge >= 0.3 is 0 Å². The lowest BCUT2D eigenvalue weighted by Gasteiger charge is -2.07. The van der Waals surface area contributed by atoms with Crippen molar-refractivity contribution in [3.63, 3.8) is 0 Å². The summed E-state index contributed by atoms with van der Waals surface area (Å²) in [6.07, 6.45) is 5.05. The van der Waals surface area contributed by atoms with Crippen LogP contribution in [0.4, 0.5) is 5.69 Å². The van der Waals surface area contributed by atoms with Gasteiger partial charge in [0.15, 0.2) is 0 Å². The Morgan fingerprint density at radius 3 is 2.69 bits per heavy atom. The van der Waals surface area contributed by atoms with Crippen LogP contribution in [-0.4, -0.2) is 15.1 Å². The summed E-state index contributed by atoms with van der Waals surface area (Å²) < 4.78 is 0. The fourth-order valence-electron chi connectivity index (χ4n) is 1.39. The van der Waals surface area contributed by atoms with Crippen LogP contribution in [-0.2, 0) is 6.54 Å². The standard InChI is InChI=1S/C12H13N3O/c1-9-4-11(2-3-12(9)16)15-7-10-5-13-8-14-6-10/h2-6,8,15-16H,7H2,1H3. The molecule has 0 aliphatic heterocycles. The maximum atomic E-state index is 9.38. The molecule has 16 heavy (non-hydrogen) atoms. The number of aryl methyl sites for hydroxylation is 1. The number of phenolic OH excluding ortho intramolecular Hbond substituents is 1. The van der Waals surface area contributed by atoms with Crippen molar-refractivity contribution >= 4 is 5.69 Å². The average Bonchev–Trinajstić information content (AvgIpc) is 2.32. The largest absolute Gasteiger partial charge is 0.508 e. The van der Waals surface area contributed by atoms with E-state index in [1.807, 2.05) is 19.1 Å². The zero-order valence-electron chi connectivity index (χ0n) is 9.01. The molecule has 0 saturated heterocycles. The van der Waals surface area contributed by atoms with E-state index in [1.54, 1.807) is 18.5 Å². The van der Waals surface area contributed by atoms with Gasteiger partial charge in [0, 0.05) is 30.2 Å². The second-order valence-electron chi connectivity index (χ2n) is 3.60. The lowest BCUT2D eigenvalue weighted by Crippen LogP contribution is -2.00. The number of benzene rings is 1. The Hall–Kier alpha value is -2.10. The predicted octanol–water partition coefficient (Wildman–Crippen LogP) is 2.10. The number of hydrogen-bond donors (Lipinski definition) is 2. The van der Waals surface area contributed by atoms with Crippen LogP contribution in [0.5, 0.6) is 5.75 Å². The molecule has 0 fully saturated rings. The van der Waals surface area contributed by atoms with Gasteiger partial charge in [-0.1, -0.05) is 0 Å². The minimum Gasteiger partial charge on any atom is -0.508 e. The maximum Gasteiger partial charge on any atom is 0.118 e. The van der Waals surface area contributed by atoms with Crippen molar-refractivity contribution < 1.29 is 5.11 Å². The highest BCUT2D eigenvalue weighted by Crippen LogP contribution is 2.20. The molecule has 4 heteroatoms. The second kappa shape index (κ2) is 4.61. The van der Waals surface area contributed by atoms with Crippen LogP contribution in [0, 0.1) is 6.92 Å². The molecular formula is C12H13N3O. The summed E-state index contributed by atoms with van der Waals surface area (Å²) in [5.41, 5.74) is 2.85. The highest BCUT2D eigenvalue weighted by Gasteiger charge is 1.98. The van der Waals surface area contributed by atoms with Crippen LogP contribution in [0.25, 0.3) is 0 Å². The van der Waals surface area contributed by atoms with Crippen molar-refractivity contribution in [3.05, 3.63) is 48.0 Å². The van der Waals surface area contributed by atoms with Crippen molar-refractivity contribution in [1.29, 1.82) is 0 Å². The molecule has 1 aromatic carbocycles. The Morgan fingerprint density at radius 1 is 1.25 bits per heavy atom. The summed E-state index contributed by atoms with van der Waals surface area (Å²) in [7, 11) is 0. The molecule has 0 aliphatic carbocycles. The molecule has 0 aliphatic rings. The Bertz CT molecular complexity index is 471. The van der Waals surface area contributed by atoms with Crippen LogP contribution in [0.3, 0.4) is 0 Å². The summed E-state index contributed by atoms with van der Waals surface area (Å²) in [4.78, 5) is 7.88. The van der Waals surface area contributed by atoms with Crippen molar-refractivity contribution in [1.82, 2.24) is 9.97 Å². The van der Waals surface area contributed by atoms with Crippen molar-refractivity contribution in [2.75, 3.05) is 5.32 Å². The number of phenols is 1. The Morgan fingerprint density at radius 2 is 2.00 bits per heavy atom. The predicted molar refractivity (Wildman–Crippen MR) is 62.2 cm³/mol. The molecule has 0 bridgehead atoms. The second-order valence-corrected chi connectivity index (χ2v) is 3.60. The van der Waals surface area contributed by atoms with Gasteiger partial charge in [-0.15, -0.1) is 0 Å². The summed E-state index contributed by atoms with van der Waals surface area (Å²) in [6.45, 7) is 2.54. The van der Waals surface area contributed by atoms with E-state index < -0.39 is 0 Å². The molecule has 0 amide bonds. The van der Waals surface area contributed by atoms with Gasteiger partial charge in [-0.05, 0) is 30.7 Å². The van der Waals surface area contributed by atoms with Gasteiger partial charge in [0.05, 0.1) is 0 Å². The zero-order chi connectivity index (χ0) is 11.4. The summed E-state index contributed by atoms with van der Waals surface area (Å²) >= 11 is 0. The molecule has 2 N–H and O–H groups in total. The van der Waals surface area contributed by atoms with Crippen molar-refractivity contribution in [2.45, 2.75) is 13.5 Å². The normalized spacial score (nSPS) is 10.1. The molecular weight excluding hydrogens is 202 g/mol. The lowest BCUT2D eigenvalue weighted by molar-refractivity contribution is 0.471. The van der Waals surface area contributed by atoms with Gasteiger partial charge in [0.2, 0.25) is 0 Å². The van der Waals surface area contributed by atoms with E-state index >= 15 is 0 Å². The van der Waals surface area contributed by atoms with Crippen LogP contribution in [0.15, 0.2) is 36.9 Å². The molecule has 2 rings (SSSR count). The van der Waals surface area contributed by atoms with Gasteiger partial charge in [0.25, 0.3) is 0 Å². The number of nitrogens with one attached hydrogen (secondary N) is 1.